The molecule has 1 N–H and O–H groups in total. The lowest BCUT2D eigenvalue weighted by molar-refractivity contribution is 0.171. The van der Waals surface area contributed by atoms with Crippen LogP contribution in [0.3, 0.4) is 0 Å². The molecule has 1 aromatic rings. The van der Waals surface area contributed by atoms with E-state index in [2.05, 4.69) is 15.3 Å². The van der Waals surface area contributed by atoms with Crippen molar-refractivity contribution < 1.29 is 9.53 Å². The van der Waals surface area contributed by atoms with Crippen LogP contribution in [0.5, 0.6) is 0 Å². The van der Waals surface area contributed by atoms with Crippen LogP contribution in [0, 0.1) is 0 Å². The first kappa shape index (κ1) is 10.2. The highest BCUT2D eigenvalue weighted by molar-refractivity contribution is 5.69. The summed E-state index contributed by atoms with van der Waals surface area (Å²) in [5.74, 6) is 0. The van der Waals surface area contributed by atoms with Gasteiger partial charge < -0.3 is 4.74 Å². The van der Waals surface area contributed by atoms with Gasteiger partial charge in [0, 0.05) is 12.6 Å². The molecule has 1 aromatic carbocycles. The molecule has 0 aliphatic heterocycles. The summed E-state index contributed by atoms with van der Waals surface area (Å²) in [7, 11) is 1.29. The van der Waals surface area contributed by atoms with Crippen LogP contribution >= 0.6 is 0 Å². The quantitative estimate of drug-likeness (QED) is 0.583. The minimum Gasteiger partial charge on any atom is -0.452 e. The summed E-state index contributed by atoms with van der Waals surface area (Å²) in [6, 6.07) is 9.84. The largest absolute Gasteiger partial charge is 0.452 e. The third-order valence-electron chi connectivity index (χ3n) is 1.60. The average molecular weight is 192 g/mol. The Bertz CT molecular complexity index is 309. The van der Waals surface area contributed by atoms with Gasteiger partial charge in [-0.05, 0) is 5.56 Å². The van der Waals surface area contributed by atoms with Crippen LogP contribution in [-0.4, -0.2) is 19.4 Å². The fourth-order valence-corrected chi connectivity index (χ4v) is 0.909. The van der Waals surface area contributed by atoms with Crippen molar-refractivity contribution in [3.8, 4) is 0 Å². The number of nitrogens with zero attached hydrogens (tertiary/aromatic N) is 1. The fraction of sp³-hybridized carbons (Fsp3) is 0.200. The number of ether oxygens (including phenoxy) is 1. The zero-order valence-corrected chi connectivity index (χ0v) is 7.93. The number of hydrazone groups is 1. The maximum Gasteiger partial charge on any atom is 0.427 e. The van der Waals surface area contributed by atoms with Crippen molar-refractivity contribution in [1.29, 1.82) is 0 Å². The molecular weight excluding hydrogens is 180 g/mol. The molecule has 0 bridgehead atoms. The lowest BCUT2D eigenvalue weighted by Crippen LogP contribution is -2.16. The molecule has 1 rings (SSSR count). The predicted molar refractivity (Wildman–Crippen MR) is 54.2 cm³/mol. The molecule has 0 heterocycles. The summed E-state index contributed by atoms with van der Waals surface area (Å²) in [6.07, 6.45) is 1.74. The second-order valence-electron chi connectivity index (χ2n) is 2.60. The second-order valence-corrected chi connectivity index (χ2v) is 2.60. The van der Waals surface area contributed by atoms with Crippen LogP contribution in [0.25, 0.3) is 0 Å². The molecule has 4 heteroatoms. The van der Waals surface area contributed by atoms with E-state index in [1.165, 1.54) is 7.11 Å². The fourth-order valence-electron chi connectivity index (χ4n) is 0.909. The van der Waals surface area contributed by atoms with E-state index in [1.807, 2.05) is 30.3 Å². The van der Waals surface area contributed by atoms with Gasteiger partial charge in [-0.1, -0.05) is 30.3 Å². The third kappa shape index (κ3) is 3.71. The van der Waals surface area contributed by atoms with E-state index >= 15 is 0 Å². The Morgan fingerprint density at radius 1 is 1.50 bits per heavy atom. The van der Waals surface area contributed by atoms with Crippen LogP contribution in [0.4, 0.5) is 4.79 Å². The lowest BCUT2D eigenvalue weighted by Gasteiger charge is -1.96. The monoisotopic (exact) mass is 192 g/mol. The van der Waals surface area contributed by atoms with Crippen molar-refractivity contribution in [1.82, 2.24) is 5.43 Å². The van der Waals surface area contributed by atoms with Crippen LogP contribution in [0.1, 0.15) is 5.56 Å². The van der Waals surface area contributed by atoms with Crippen LogP contribution < -0.4 is 5.43 Å². The number of nitrogens with one attached hydrogen (secondary N) is 1. The summed E-state index contributed by atoms with van der Waals surface area (Å²) in [5.41, 5.74) is 3.35. The Labute approximate surface area is 82.6 Å². The molecule has 0 aliphatic rings. The van der Waals surface area contributed by atoms with E-state index in [0.29, 0.717) is 6.42 Å². The summed E-state index contributed by atoms with van der Waals surface area (Å²) < 4.78 is 4.34. The Morgan fingerprint density at radius 3 is 2.86 bits per heavy atom. The van der Waals surface area contributed by atoms with Crippen molar-refractivity contribution in [3.63, 3.8) is 0 Å². The summed E-state index contributed by atoms with van der Waals surface area (Å²) in [4.78, 5) is 10.6. The van der Waals surface area contributed by atoms with Crippen molar-refractivity contribution in [2.75, 3.05) is 7.11 Å². The summed E-state index contributed by atoms with van der Waals surface area (Å²) in [6.45, 7) is 0. The van der Waals surface area contributed by atoms with Gasteiger partial charge in [-0.25, -0.2) is 10.2 Å². The zero-order valence-electron chi connectivity index (χ0n) is 7.93. The molecule has 0 saturated heterocycles. The minimum absolute atomic E-state index is 0.561. The summed E-state index contributed by atoms with van der Waals surface area (Å²) in [5, 5.41) is 3.69. The average Bonchev–Trinajstić information content (AvgIpc) is 2.25. The molecule has 0 radical (unpaired) electrons. The first-order valence-corrected chi connectivity index (χ1v) is 4.22. The molecular formula is C10H12N2O2. The third-order valence-corrected chi connectivity index (χ3v) is 1.60. The molecule has 4 nitrogen and oxygen atoms in total. The van der Waals surface area contributed by atoms with Gasteiger partial charge >= 0.3 is 6.09 Å². The van der Waals surface area contributed by atoms with E-state index < -0.39 is 6.09 Å². The second kappa shape index (κ2) is 5.75. The molecule has 14 heavy (non-hydrogen) atoms. The maximum absolute atomic E-state index is 10.6. The highest BCUT2D eigenvalue weighted by Gasteiger charge is 1.92. The Morgan fingerprint density at radius 2 is 2.21 bits per heavy atom. The molecule has 0 unspecified atom stereocenters. The predicted octanol–water partition coefficient (Wildman–Crippen LogP) is 1.57. The molecule has 0 spiro atoms. The van der Waals surface area contributed by atoms with Gasteiger partial charge in [-0.15, -0.1) is 0 Å². The maximum atomic E-state index is 10.6. The van der Waals surface area contributed by atoms with E-state index in [0.717, 1.165) is 5.56 Å². The van der Waals surface area contributed by atoms with E-state index in [-0.39, 0.29) is 0 Å². The zero-order chi connectivity index (χ0) is 10.2. The highest BCUT2D eigenvalue weighted by Crippen LogP contribution is 1.96. The van der Waals surface area contributed by atoms with Crippen molar-refractivity contribution >= 4 is 12.3 Å². The van der Waals surface area contributed by atoms with E-state index in [1.54, 1.807) is 6.21 Å². The molecule has 0 saturated carbocycles. The van der Waals surface area contributed by atoms with E-state index in [9.17, 15) is 4.79 Å². The number of hydrogen-bond donors (Lipinski definition) is 1. The number of carbonyl (C=O) groups excluding carboxylic acids is 1. The Balaban J connectivity index is 2.31. The Hall–Kier alpha value is -1.84. The molecule has 1 amide bonds. The molecule has 0 fully saturated rings. The van der Waals surface area contributed by atoms with Crippen LogP contribution in [-0.2, 0) is 11.2 Å². The smallest absolute Gasteiger partial charge is 0.427 e. The van der Waals surface area contributed by atoms with Gasteiger partial charge in [0.15, 0.2) is 0 Å². The number of methoxy groups -OCH3 is 1. The van der Waals surface area contributed by atoms with Crippen LogP contribution in [0.2, 0.25) is 0 Å². The van der Waals surface area contributed by atoms with Gasteiger partial charge in [-0.3, -0.25) is 0 Å². The number of benzene rings is 1. The van der Waals surface area contributed by atoms with Gasteiger partial charge in [0.2, 0.25) is 0 Å². The molecule has 0 aliphatic carbocycles. The van der Waals surface area contributed by atoms with Gasteiger partial charge in [0.05, 0.1) is 7.11 Å². The first-order chi connectivity index (χ1) is 6.83. The first-order valence-electron chi connectivity index (χ1n) is 4.22. The van der Waals surface area contributed by atoms with Crippen molar-refractivity contribution in [2.45, 2.75) is 6.42 Å². The van der Waals surface area contributed by atoms with Crippen molar-refractivity contribution in [3.05, 3.63) is 35.9 Å². The standard InChI is InChI=1S/C10H12N2O2/c1-14-10(13)12-11-8-7-9-5-3-2-4-6-9/h2-6,8H,7H2,1H3,(H,12,13)/b11-8-. The SMILES string of the molecule is COC(=O)N/N=C\Cc1ccccc1. The van der Waals surface area contributed by atoms with E-state index in [4.69, 9.17) is 0 Å². The van der Waals surface area contributed by atoms with Gasteiger partial charge in [0.25, 0.3) is 0 Å². The number of carbonyl (C=O) groups is 1. The number of rotatable bonds is 3. The van der Waals surface area contributed by atoms with Gasteiger partial charge in [-0.2, -0.15) is 5.10 Å². The molecule has 0 atom stereocenters. The number of hydrogen-bond acceptors (Lipinski definition) is 3. The number of amides is 1. The minimum atomic E-state index is -0.561. The highest BCUT2D eigenvalue weighted by atomic mass is 16.5. The topological polar surface area (TPSA) is 50.7 Å². The van der Waals surface area contributed by atoms with Crippen molar-refractivity contribution in [2.24, 2.45) is 5.10 Å². The van der Waals surface area contributed by atoms with Gasteiger partial charge in [0.1, 0.15) is 0 Å². The summed E-state index contributed by atoms with van der Waals surface area (Å²) >= 11 is 0. The lowest BCUT2D eigenvalue weighted by atomic mass is 10.2. The Kier molecular flexibility index (Phi) is 4.20. The van der Waals surface area contributed by atoms with Crippen LogP contribution in [0.15, 0.2) is 35.4 Å². The molecule has 0 aromatic heterocycles. The molecule has 74 valence electrons. The normalized spacial score (nSPS) is 10.1.